The Balaban J connectivity index is 2.09. The summed E-state index contributed by atoms with van der Waals surface area (Å²) in [6, 6.07) is 6.16. The molecule has 3 nitrogen and oxygen atoms in total. The van der Waals surface area contributed by atoms with Crippen LogP contribution in [0.3, 0.4) is 0 Å². The van der Waals surface area contributed by atoms with Gasteiger partial charge in [-0.2, -0.15) is 0 Å². The quantitative estimate of drug-likeness (QED) is 0.771. The lowest BCUT2D eigenvalue weighted by Gasteiger charge is -2.34. The van der Waals surface area contributed by atoms with Gasteiger partial charge in [-0.1, -0.05) is 12.1 Å². The van der Waals surface area contributed by atoms with Gasteiger partial charge in [0.25, 0.3) is 0 Å². The fraction of sp³-hybridized carbons (Fsp3) is 0.500. The van der Waals surface area contributed by atoms with Crippen LogP contribution in [0.2, 0.25) is 0 Å². The van der Waals surface area contributed by atoms with E-state index in [4.69, 9.17) is 4.74 Å². The van der Waals surface area contributed by atoms with E-state index in [0.29, 0.717) is 24.8 Å². The molecule has 2 rings (SSSR count). The zero-order valence-corrected chi connectivity index (χ0v) is 10.7. The Morgan fingerprint density at radius 1 is 1.50 bits per heavy atom. The van der Waals surface area contributed by atoms with E-state index in [9.17, 15) is 9.18 Å². The first-order chi connectivity index (χ1) is 8.58. The molecule has 18 heavy (non-hydrogen) atoms. The molecule has 0 aliphatic carbocycles. The number of carbonyl (C=O) groups excluding carboxylic acids is 1. The van der Waals surface area contributed by atoms with Gasteiger partial charge in [-0.3, -0.25) is 9.69 Å². The molecule has 1 heterocycles. The van der Waals surface area contributed by atoms with E-state index in [1.807, 2.05) is 0 Å². The summed E-state index contributed by atoms with van der Waals surface area (Å²) < 4.78 is 18.6. The highest BCUT2D eigenvalue weighted by Crippen LogP contribution is 2.14. The maximum atomic E-state index is 13.1. The van der Waals surface area contributed by atoms with Crippen LogP contribution in [0.4, 0.5) is 4.39 Å². The minimum absolute atomic E-state index is 0.139. The Bertz CT molecular complexity index is 434. The predicted octanol–water partition coefficient (Wildman–Crippen LogP) is 2.12. The molecule has 98 valence electrons. The van der Waals surface area contributed by atoms with Crippen molar-refractivity contribution in [3.05, 3.63) is 35.6 Å². The van der Waals surface area contributed by atoms with Gasteiger partial charge in [0.2, 0.25) is 0 Å². The van der Waals surface area contributed by atoms with Crippen LogP contribution in [0, 0.1) is 5.82 Å². The highest BCUT2D eigenvalue weighted by atomic mass is 19.1. The molecular weight excluding hydrogens is 233 g/mol. The lowest BCUT2D eigenvalue weighted by molar-refractivity contribution is -0.0256. The number of Topliss-reactive ketones (excluding diaryl/α,β-unsaturated/α-hetero) is 1. The van der Waals surface area contributed by atoms with Gasteiger partial charge in [0.1, 0.15) is 11.9 Å². The van der Waals surface area contributed by atoms with E-state index in [1.165, 1.54) is 12.1 Å². The van der Waals surface area contributed by atoms with Crippen molar-refractivity contribution in [2.45, 2.75) is 26.0 Å². The fourth-order valence-corrected chi connectivity index (χ4v) is 2.12. The van der Waals surface area contributed by atoms with Crippen molar-refractivity contribution >= 4 is 5.78 Å². The number of nitrogens with zero attached hydrogens (tertiary/aromatic N) is 1. The summed E-state index contributed by atoms with van der Waals surface area (Å²) >= 11 is 0. The number of morpholine rings is 1. The molecule has 1 unspecified atom stereocenters. The van der Waals surface area contributed by atoms with Crippen molar-refractivity contribution in [1.29, 1.82) is 0 Å². The van der Waals surface area contributed by atoms with Gasteiger partial charge in [0.05, 0.1) is 6.61 Å². The fourth-order valence-electron chi connectivity index (χ4n) is 2.12. The van der Waals surface area contributed by atoms with Crippen LogP contribution >= 0.6 is 0 Å². The van der Waals surface area contributed by atoms with Gasteiger partial charge >= 0.3 is 0 Å². The predicted molar refractivity (Wildman–Crippen MR) is 67.2 cm³/mol. The van der Waals surface area contributed by atoms with Crippen LogP contribution in [-0.2, 0) is 4.74 Å². The Kier molecular flexibility index (Phi) is 4.09. The standard InChI is InChI=1S/C14H18FNO2/c1-10(2)16-6-7-18-13(9-16)14(17)11-4-3-5-12(15)8-11/h3-5,8,10,13H,6-7,9H2,1-2H3. The third-order valence-electron chi connectivity index (χ3n) is 3.23. The number of carbonyl (C=O) groups is 1. The topological polar surface area (TPSA) is 29.5 Å². The molecule has 1 fully saturated rings. The summed E-state index contributed by atoms with van der Waals surface area (Å²) in [5.41, 5.74) is 0.380. The van der Waals surface area contributed by atoms with Crippen LogP contribution in [0.5, 0.6) is 0 Å². The third-order valence-corrected chi connectivity index (χ3v) is 3.23. The van der Waals surface area contributed by atoms with Gasteiger partial charge in [-0.25, -0.2) is 4.39 Å². The molecule has 1 saturated heterocycles. The monoisotopic (exact) mass is 251 g/mol. The van der Waals surface area contributed by atoms with Crippen molar-refractivity contribution in [3.63, 3.8) is 0 Å². The molecule has 1 aromatic rings. The molecule has 1 aromatic carbocycles. The van der Waals surface area contributed by atoms with Crippen molar-refractivity contribution in [2.24, 2.45) is 0 Å². The highest BCUT2D eigenvalue weighted by Gasteiger charge is 2.28. The van der Waals surface area contributed by atoms with Crippen LogP contribution < -0.4 is 0 Å². The minimum atomic E-state index is -0.483. The average Bonchev–Trinajstić information content (AvgIpc) is 2.38. The molecule has 0 saturated carbocycles. The first kappa shape index (κ1) is 13.2. The van der Waals surface area contributed by atoms with Gasteiger partial charge in [0.15, 0.2) is 5.78 Å². The largest absolute Gasteiger partial charge is 0.367 e. The Morgan fingerprint density at radius 3 is 2.94 bits per heavy atom. The second-order valence-corrected chi connectivity index (χ2v) is 4.82. The number of hydrogen-bond donors (Lipinski definition) is 0. The molecule has 1 atom stereocenters. The van der Waals surface area contributed by atoms with Crippen molar-refractivity contribution in [1.82, 2.24) is 4.90 Å². The zero-order chi connectivity index (χ0) is 13.1. The van der Waals surface area contributed by atoms with E-state index >= 15 is 0 Å². The van der Waals surface area contributed by atoms with Gasteiger partial charge in [0, 0.05) is 24.7 Å². The summed E-state index contributed by atoms with van der Waals surface area (Å²) in [4.78, 5) is 14.4. The van der Waals surface area contributed by atoms with Crippen molar-refractivity contribution in [2.75, 3.05) is 19.7 Å². The third kappa shape index (κ3) is 2.94. The van der Waals surface area contributed by atoms with Crippen molar-refractivity contribution < 1.29 is 13.9 Å². The van der Waals surface area contributed by atoms with Crippen LogP contribution in [0.25, 0.3) is 0 Å². The normalized spacial score (nSPS) is 21.2. The lowest BCUT2D eigenvalue weighted by atomic mass is 10.0. The van der Waals surface area contributed by atoms with E-state index in [0.717, 1.165) is 6.54 Å². The lowest BCUT2D eigenvalue weighted by Crippen LogP contribution is -2.48. The maximum absolute atomic E-state index is 13.1. The number of rotatable bonds is 3. The van der Waals surface area contributed by atoms with E-state index in [-0.39, 0.29) is 5.78 Å². The van der Waals surface area contributed by atoms with E-state index < -0.39 is 11.9 Å². The first-order valence-corrected chi connectivity index (χ1v) is 6.23. The van der Waals surface area contributed by atoms with Crippen molar-refractivity contribution in [3.8, 4) is 0 Å². The highest BCUT2D eigenvalue weighted by molar-refractivity contribution is 5.99. The van der Waals surface area contributed by atoms with Gasteiger partial charge in [-0.15, -0.1) is 0 Å². The molecule has 1 aliphatic heterocycles. The summed E-state index contributed by atoms with van der Waals surface area (Å²) in [6.07, 6.45) is -0.483. The second kappa shape index (κ2) is 5.59. The Morgan fingerprint density at radius 2 is 2.28 bits per heavy atom. The summed E-state index contributed by atoms with van der Waals surface area (Å²) in [6.45, 7) is 6.14. The smallest absolute Gasteiger partial charge is 0.192 e. The van der Waals surface area contributed by atoms with Gasteiger partial charge < -0.3 is 4.74 Å². The minimum Gasteiger partial charge on any atom is -0.367 e. The molecule has 0 spiro atoms. The first-order valence-electron chi connectivity index (χ1n) is 6.23. The van der Waals surface area contributed by atoms with Crippen LogP contribution in [0.15, 0.2) is 24.3 Å². The summed E-state index contributed by atoms with van der Waals surface area (Å²) in [5, 5.41) is 0. The molecule has 1 aliphatic rings. The Hall–Kier alpha value is -1.26. The SMILES string of the molecule is CC(C)N1CCOC(C(=O)c2cccc(F)c2)C1. The molecule has 0 bridgehead atoms. The average molecular weight is 251 g/mol. The molecule has 0 aromatic heterocycles. The van der Waals surface area contributed by atoms with E-state index in [2.05, 4.69) is 18.7 Å². The number of ketones is 1. The Labute approximate surface area is 107 Å². The number of halogens is 1. The second-order valence-electron chi connectivity index (χ2n) is 4.82. The molecule has 0 radical (unpaired) electrons. The number of benzene rings is 1. The van der Waals surface area contributed by atoms with Crippen LogP contribution in [0.1, 0.15) is 24.2 Å². The number of hydrogen-bond acceptors (Lipinski definition) is 3. The molecule has 0 N–H and O–H groups in total. The molecule has 0 amide bonds. The summed E-state index contributed by atoms with van der Waals surface area (Å²) in [5.74, 6) is -0.530. The molecule has 4 heteroatoms. The maximum Gasteiger partial charge on any atom is 0.192 e. The van der Waals surface area contributed by atoms with Crippen LogP contribution in [-0.4, -0.2) is 42.5 Å². The zero-order valence-electron chi connectivity index (χ0n) is 10.7. The summed E-state index contributed by atoms with van der Waals surface area (Å²) in [7, 11) is 0. The molecular formula is C14H18FNO2. The van der Waals surface area contributed by atoms with E-state index in [1.54, 1.807) is 12.1 Å². The van der Waals surface area contributed by atoms with Gasteiger partial charge in [-0.05, 0) is 26.0 Å². The number of ether oxygens (including phenoxy) is 1.